The quantitative estimate of drug-likeness (QED) is 0.581. The van der Waals surface area contributed by atoms with E-state index < -0.39 is 29.9 Å². The second kappa shape index (κ2) is 9.19. The Morgan fingerprint density at radius 2 is 2.03 bits per heavy atom. The van der Waals surface area contributed by atoms with Crippen molar-refractivity contribution in [3.63, 3.8) is 0 Å². The summed E-state index contributed by atoms with van der Waals surface area (Å²) in [5.74, 6) is -0.131. The third-order valence-corrected chi connectivity index (χ3v) is 7.53. The number of benzene rings is 1. The molecule has 3 fully saturated rings. The summed E-state index contributed by atoms with van der Waals surface area (Å²) in [7, 11) is 0. The van der Waals surface area contributed by atoms with E-state index in [0.717, 1.165) is 18.9 Å². The number of hydrogen-bond donors (Lipinski definition) is 1. The van der Waals surface area contributed by atoms with Crippen molar-refractivity contribution < 1.29 is 22.8 Å². The van der Waals surface area contributed by atoms with Gasteiger partial charge in [0.2, 0.25) is 11.8 Å². The topological polar surface area (TPSA) is 93.7 Å². The molecular weight excluding hydrogens is 447 g/mol. The summed E-state index contributed by atoms with van der Waals surface area (Å²) < 4.78 is 40.5. The molecule has 184 valence electrons. The molecule has 2 aliphatic heterocycles. The van der Waals surface area contributed by atoms with E-state index in [1.165, 1.54) is 12.1 Å². The molecule has 1 aliphatic carbocycles. The molecule has 2 amide bonds. The van der Waals surface area contributed by atoms with Crippen molar-refractivity contribution in [1.82, 2.24) is 14.7 Å². The predicted octanol–water partition coefficient (Wildman–Crippen LogP) is 2.53. The van der Waals surface area contributed by atoms with E-state index in [1.807, 2.05) is 17.9 Å². The number of piperazine rings is 1. The van der Waals surface area contributed by atoms with Gasteiger partial charge < -0.3 is 15.5 Å². The van der Waals surface area contributed by atoms with Crippen molar-refractivity contribution in [2.75, 3.05) is 19.6 Å². The molecular formula is C24H30F3N5O2. The lowest BCUT2D eigenvalue weighted by Crippen LogP contribution is -2.56. The Labute approximate surface area is 197 Å². The van der Waals surface area contributed by atoms with E-state index in [4.69, 9.17) is 11.0 Å². The number of carbonyl (C=O) groups is 2. The van der Waals surface area contributed by atoms with Crippen LogP contribution in [-0.2, 0) is 15.8 Å². The van der Waals surface area contributed by atoms with Gasteiger partial charge in [0, 0.05) is 25.2 Å². The Morgan fingerprint density at radius 1 is 1.32 bits per heavy atom. The molecule has 7 nitrogen and oxygen atoms in total. The highest BCUT2D eigenvalue weighted by molar-refractivity contribution is 5.87. The summed E-state index contributed by atoms with van der Waals surface area (Å²) in [5, 5.41) is 9.14. The van der Waals surface area contributed by atoms with Crippen LogP contribution in [0.1, 0.15) is 50.3 Å². The van der Waals surface area contributed by atoms with Crippen LogP contribution < -0.4 is 5.73 Å². The lowest BCUT2D eigenvalue weighted by atomic mass is 9.99. The molecule has 2 saturated heterocycles. The van der Waals surface area contributed by atoms with Gasteiger partial charge in [-0.1, -0.05) is 31.5 Å². The number of hydrogen-bond acceptors (Lipinski definition) is 5. The number of halogens is 3. The molecule has 1 saturated carbocycles. The molecule has 1 aromatic carbocycles. The van der Waals surface area contributed by atoms with Gasteiger partial charge in [-0.15, -0.1) is 0 Å². The van der Waals surface area contributed by atoms with Crippen molar-refractivity contribution in [3.8, 4) is 6.07 Å². The Kier molecular flexibility index (Phi) is 6.62. The first-order chi connectivity index (χ1) is 16.1. The molecule has 6 atom stereocenters. The number of nitrogens with two attached hydrogens (primary N) is 1. The summed E-state index contributed by atoms with van der Waals surface area (Å²) in [6.07, 6.45) is -2.19. The van der Waals surface area contributed by atoms with Gasteiger partial charge in [0.25, 0.3) is 0 Å². The lowest BCUT2D eigenvalue weighted by molar-refractivity contribution is -0.143. The number of carbonyl (C=O) groups excluding carboxylic acids is 2. The fourth-order valence-corrected chi connectivity index (χ4v) is 5.70. The highest BCUT2D eigenvalue weighted by Crippen LogP contribution is 2.42. The van der Waals surface area contributed by atoms with Crippen LogP contribution in [0.3, 0.4) is 0 Å². The highest BCUT2D eigenvalue weighted by atomic mass is 19.4. The van der Waals surface area contributed by atoms with Gasteiger partial charge in [0.1, 0.15) is 6.54 Å². The summed E-state index contributed by atoms with van der Waals surface area (Å²) in [4.78, 5) is 31.1. The molecule has 0 aromatic heterocycles. The van der Waals surface area contributed by atoms with E-state index in [2.05, 4.69) is 0 Å². The van der Waals surface area contributed by atoms with Gasteiger partial charge in [-0.2, -0.15) is 18.4 Å². The smallest absolute Gasteiger partial charge is 0.330 e. The molecule has 0 radical (unpaired) electrons. The van der Waals surface area contributed by atoms with Crippen LogP contribution in [0.25, 0.3) is 0 Å². The SMILES string of the molecule is CCC1CC1N(CC#N)C(=O)C(N)CN1CC2CC1C(=O)N2C(C)c1ccccc1C(F)(F)F. The van der Waals surface area contributed by atoms with Crippen LogP contribution in [0.4, 0.5) is 13.2 Å². The monoisotopic (exact) mass is 477 g/mol. The van der Waals surface area contributed by atoms with Gasteiger partial charge in [-0.05, 0) is 37.3 Å². The Balaban J connectivity index is 1.42. The van der Waals surface area contributed by atoms with Crippen LogP contribution in [0.5, 0.6) is 0 Å². The minimum atomic E-state index is -4.50. The third kappa shape index (κ3) is 4.39. The van der Waals surface area contributed by atoms with Crippen molar-refractivity contribution >= 4 is 11.8 Å². The van der Waals surface area contributed by atoms with Gasteiger partial charge in [0.05, 0.1) is 29.8 Å². The van der Waals surface area contributed by atoms with Crippen molar-refractivity contribution in [2.24, 2.45) is 11.7 Å². The number of rotatable bonds is 8. The van der Waals surface area contributed by atoms with Crippen LogP contribution in [0.15, 0.2) is 24.3 Å². The zero-order valence-electron chi connectivity index (χ0n) is 19.3. The molecule has 1 aromatic rings. The number of fused-ring (bicyclic) bond motifs is 2. The van der Waals surface area contributed by atoms with Crippen LogP contribution in [0, 0.1) is 17.2 Å². The first-order valence-electron chi connectivity index (χ1n) is 11.7. The van der Waals surface area contributed by atoms with Crippen molar-refractivity contribution in [2.45, 2.75) is 69.5 Å². The molecule has 0 spiro atoms. The first kappa shape index (κ1) is 24.5. The zero-order valence-corrected chi connectivity index (χ0v) is 19.3. The van der Waals surface area contributed by atoms with Gasteiger partial charge in [-0.3, -0.25) is 14.5 Å². The summed E-state index contributed by atoms with van der Waals surface area (Å²) in [5.41, 5.74) is 5.57. The molecule has 6 unspecified atom stereocenters. The maximum Gasteiger partial charge on any atom is 0.416 e. The maximum atomic E-state index is 13.5. The fraction of sp³-hybridized carbons (Fsp3) is 0.625. The fourth-order valence-electron chi connectivity index (χ4n) is 5.70. The summed E-state index contributed by atoms with van der Waals surface area (Å²) in [6.45, 7) is 4.30. The number of amides is 2. The normalized spacial score (nSPS) is 28.0. The van der Waals surface area contributed by atoms with E-state index in [9.17, 15) is 22.8 Å². The van der Waals surface area contributed by atoms with Gasteiger partial charge >= 0.3 is 6.18 Å². The Bertz CT molecular complexity index is 994. The summed E-state index contributed by atoms with van der Waals surface area (Å²) in [6, 6.07) is 5.12. The number of alkyl halides is 3. The highest BCUT2D eigenvalue weighted by Gasteiger charge is 2.52. The largest absolute Gasteiger partial charge is 0.416 e. The van der Waals surface area contributed by atoms with E-state index >= 15 is 0 Å². The van der Waals surface area contributed by atoms with E-state index in [0.29, 0.717) is 18.9 Å². The maximum absolute atomic E-state index is 13.5. The Hall–Kier alpha value is -2.64. The standard InChI is InChI=1S/C24H30F3N5O2/c1-3-15-10-20(15)31(9-8-28)22(33)19(29)13-30-12-16-11-21(30)23(34)32(16)14(2)17-6-4-5-7-18(17)24(25,26)27/h4-7,14-16,19-21H,3,9-13,29H2,1-2H3. The van der Waals surface area contributed by atoms with Crippen molar-refractivity contribution in [1.29, 1.82) is 5.26 Å². The first-order valence-corrected chi connectivity index (χ1v) is 11.7. The molecule has 2 bridgehead atoms. The molecule has 2 N–H and O–H groups in total. The second-order valence-electron chi connectivity index (χ2n) is 9.57. The molecule has 3 aliphatic rings. The van der Waals surface area contributed by atoms with Gasteiger partial charge in [0.15, 0.2) is 0 Å². The Morgan fingerprint density at radius 3 is 2.62 bits per heavy atom. The second-order valence-corrected chi connectivity index (χ2v) is 9.57. The zero-order chi connectivity index (χ0) is 24.8. The van der Waals surface area contributed by atoms with Crippen LogP contribution in [0.2, 0.25) is 0 Å². The molecule has 10 heteroatoms. The predicted molar refractivity (Wildman–Crippen MR) is 118 cm³/mol. The summed E-state index contributed by atoms with van der Waals surface area (Å²) >= 11 is 0. The lowest BCUT2D eigenvalue weighted by Gasteiger charge is -2.39. The van der Waals surface area contributed by atoms with Gasteiger partial charge in [-0.25, -0.2) is 0 Å². The minimum Gasteiger partial charge on any atom is -0.330 e. The minimum absolute atomic E-state index is 0.0113. The van der Waals surface area contributed by atoms with E-state index in [1.54, 1.807) is 22.8 Å². The van der Waals surface area contributed by atoms with Crippen LogP contribution >= 0.6 is 0 Å². The average Bonchev–Trinajstić information content (AvgIpc) is 3.37. The van der Waals surface area contributed by atoms with Crippen molar-refractivity contribution in [3.05, 3.63) is 35.4 Å². The number of nitrogens with zero attached hydrogens (tertiary/aromatic N) is 4. The number of nitriles is 1. The molecule has 4 rings (SSSR count). The third-order valence-electron chi connectivity index (χ3n) is 7.53. The molecule has 34 heavy (non-hydrogen) atoms. The number of likely N-dealkylation sites (tertiary alicyclic amines) is 2. The van der Waals surface area contributed by atoms with Crippen LogP contribution in [-0.4, -0.2) is 70.3 Å². The van der Waals surface area contributed by atoms with E-state index in [-0.39, 0.29) is 42.6 Å². The average molecular weight is 478 g/mol. The molecule has 2 heterocycles.